The van der Waals surface area contributed by atoms with Crippen LogP contribution >= 0.6 is 11.6 Å². The topological polar surface area (TPSA) is 47.8 Å². The van der Waals surface area contributed by atoms with Crippen LogP contribution in [-0.4, -0.2) is 20.5 Å². The maximum atomic E-state index is 13.6. The van der Waals surface area contributed by atoms with Gasteiger partial charge < -0.3 is 0 Å². The lowest BCUT2D eigenvalue weighted by molar-refractivity contribution is 0.102. The monoisotopic (exact) mass is 271 g/mol. The third-order valence-corrected chi connectivity index (χ3v) is 2.66. The Morgan fingerprint density at radius 3 is 2.78 bits per heavy atom. The van der Waals surface area contributed by atoms with Crippen molar-refractivity contribution in [1.82, 2.24) is 14.8 Å². The van der Waals surface area contributed by atoms with Crippen molar-refractivity contribution in [2.24, 2.45) is 0 Å². The van der Waals surface area contributed by atoms with Crippen LogP contribution in [0, 0.1) is 11.6 Å². The van der Waals surface area contributed by atoms with Crippen molar-refractivity contribution in [2.45, 2.75) is 13.5 Å². The van der Waals surface area contributed by atoms with E-state index >= 15 is 0 Å². The van der Waals surface area contributed by atoms with E-state index in [1.165, 1.54) is 11.0 Å². The predicted octanol–water partition coefficient (Wildman–Crippen LogP) is 2.46. The van der Waals surface area contributed by atoms with Gasteiger partial charge in [0, 0.05) is 6.54 Å². The highest BCUT2D eigenvalue weighted by molar-refractivity contribution is 6.30. The molecule has 0 fully saturated rings. The molecule has 2 rings (SSSR count). The summed E-state index contributed by atoms with van der Waals surface area (Å²) in [7, 11) is 0. The van der Waals surface area contributed by atoms with Crippen molar-refractivity contribution >= 4 is 17.4 Å². The van der Waals surface area contributed by atoms with Crippen LogP contribution in [-0.2, 0) is 6.54 Å². The highest BCUT2D eigenvalue weighted by atomic mass is 35.5. The van der Waals surface area contributed by atoms with E-state index in [0.29, 0.717) is 6.54 Å². The molecule has 0 amide bonds. The van der Waals surface area contributed by atoms with Crippen LogP contribution in [0.15, 0.2) is 18.5 Å². The van der Waals surface area contributed by atoms with Gasteiger partial charge in [-0.05, 0) is 19.1 Å². The fourth-order valence-corrected chi connectivity index (χ4v) is 1.64. The van der Waals surface area contributed by atoms with E-state index < -0.39 is 23.0 Å². The number of aromatic nitrogens is 3. The van der Waals surface area contributed by atoms with Crippen LogP contribution in [0.4, 0.5) is 8.78 Å². The number of aryl methyl sites for hydroxylation is 1. The second-order valence-electron chi connectivity index (χ2n) is 3.47. The minimum atomic E-state index is -0.892. The summed E-state index contributed by atoms with van der Waals surface area (Å²) in [5, 5.41) is 3.42. The Kier molecular flexibility index (Phi) is 3.38. The fraction of sp³-hybridized carbons (Fsp3) is 0.182. The summed E-state index contributed by atoms with van der Waals surface area (Å²) in [4.78, 5) is 15.7. The van der Waals surface area contributed by atoms with E-state index in [9.17, 15) is 13.6 Å². The van der Waals surface area contributed by atoms with Gasteiger partial charge in [0.25, 0.3) is 0 Å². The molecule has 0 aliphatic rings. The fourth-order valence-electron chi connectivity index (χ4n) is 1.49. The van der Waals surface area contributed by atoms with Crippen molar-refractivity contribution in [2.75, 3.05) is 0 Å². The zero-order valence-corrected chi connectivity index (χ0v) is 10.1. The van der Waals surface area contributed by atoms with Gasteiger partial charge in [-0.1, -0.05) is 11.6 Å². The van der Waals surface area contributed by atoms with Gasteiger partial charge in [-0.15, -0.1) is 0 Å². The molecule has 1 heterocycles. The van der Waals surface area contributed by atoms with E-state index in [2.05, 4.69) is 10.1 Å². The lowest BCUT2D eigenvalue weighted by Gasteiger charge is -2.04. The molecule has 0 saturated heterocycles. The third kappa shape index (κ3) is 2.11. The molecule has 7 heteroatoms. The first-order valence-corrected chi connectivity index (χ1v) is 5.49. The molecule has 1 aromatic heterocycles. The summed E-state index contributed by atoms with van der Waals surface area (Å²) in [5.74, 6) is -2.53. The Balaban J connectivity index is 2.50. The molecule has 0 aliphatic carbocycles. The predicted molar refractivity (Wildman–Crippen MR) is 60.5 cm³/mol. The maximum Gasteiger partial charge on any atom is 0.233 e. The number of ketones is 1. The normalized spacial score (nSPS) is 10.7. The molecule has 94 valence electrons. The summed E-state index contributed by atoms with van der Waals surface area (Å²) < 4.78 is 28.1. The highest BCUT2D eigenvalue weighted by Crippen LogP contribution is 2.21. The largest absolute Gasteiger partial charge is 0.285 e. The number of rotatable bonds is 3. The second-order valence-corrected chi connectivity index (χ2v) is 3.88. The minimum Gasteiger partial charge on any atom is -0.285 e. The summed E-state index contributed by atoms with van der Waals surface area (Å²) in [6.45, 7) is 2.16. The van der Waals surface area contributed by atoms with Crippen molar-refractivity contribution in [3.63, 3.8) is 0 Å². The van der Waals surface area contributed by atoms with Crippen molar-refractivity contribution in [1.29, 1.82) is 0 Å². The number of carbonyl (C=O) groups excluding carboxylic acids is 1. The minimum absolute atomic E-state index is 0.0434. The summed E-state index contributed by atoms with van der Waals surface area (Å²) in [6.07, 6.45) is 1.18. The molecule has 2 aromatic rings. The molecule has 0 spiro atoms. The average Bonchev–Trinajstić information content (AvgIpc) is 2.81. The molecule has 0 atom stereocenters. The Hall–Kier alpha value is -1.82. The highest BCUT2D eigenvalue weighted by Gasteiger charge is 2.21. The SMILES string of the molecule is CCn1ncnc1C(=O)c1cc(F)c(Cl)cc1F. The van der Waals surface area contributed by atoms with Crippen LogP contribution in [0.25, 0.3) is 0 Å². The first-order chi connectivity index (χ1) is 8.54. The van der Waals surface area contributed by atoms with E-state index in [1.54, 1.807) is 6.92 Å². The van der Waals surface area contributed by atoms with Gasteiger partial charge in [0.15, 0.2) is 5.82 Å². The maximum absolute atomic E-state index is 13.6. The average molecular weight is 272 g/mol. The van der Waals surface area contributed by atoms with Crippen molar-refractivity contribution < 1.29 is 13.6 Å². The lowest BCUT2D eigenvalue weighted by Crippen LogP contribution is -2.13. The van der Waals surface area contributed by atoms with Crippen molar-refractivity contribution in [3.8, 4) is 0 Å². The molecule has 0 N–H and O–H groups in total. The number of hydrogen-bond acceptors (Lipinski definition) is 3. The van der Waals surface area contributed by atoms with Crippen LogP contribution < -0.4 is 0 Å². The molecule has 0 aliphatic heterocycles. The molecule has 0 unspecified atom stereocenters. The molecule has 4 nitrogen and oxygen atoms in total. The Labute approximate surface area is 106 Å². The van der Waals surface area contributed by atoms with Crippen LogP contribution in [0.2, 0.25) is 5.02 Å². The number of benzene rings is 1. The van der Waals surface area contributed by atoms with Gasteiger partial charge in [-0.3, -0.25) is 4.79 Å². The van der Waals surface area contributed by atoms with Gasteiger partial charge >= 0.3 is 0 Å². The lowest BCUT2D eigenvalue weighted by atomic mass is 10.1. The van der Waals surface area contributed by atoms with E-state index in [4.69, 9.17) is 11.6 Å². The van der Waals surface area contributed by atoms with Gasteiger partial charge in [0.1, 0.15) is 18.0 Å². The van der Waals surface area contributed by atoms with Gasteiger partial charge in [0.05, 0.1) is 10.6 Å². The molecular formula is C11H8ClF2N3O. The number of halogens is 3. The number of nitrogens with zero attached hydrogens (tertiary/aromatic N) is 3. The number of hydrogen-bond donors (Lipinski definition) is 0. The summed E-state index contributed by atoms with van der Waals surface area (Å²) >= 11 is 5.41. The smallest absolute Gasteiger partial charge is 0.233 e. The third-order valence-electron chi connectivity index (χ3n) is 2.37. The zero-order valence-electron chi connectivity index (χ0n) is 9.32. The summed E-state index contributed by atoms with van der Waals surface area (Å²) in [5.41, 5.74) is -0.417. The number of carbonyl (C=O) groups is 1. The van der Waals surface area contributed by atoms with Gasteiger partial charge in [-0.25, -0.2) is 18.4 Å². The quantitative estimate of drug-likeness (QED) is 0.636. The first kappa shape index (κ1) is 12.6. The molecular weight excluding hydrogens is 264 g/mol. The summed E-state index contributed by atoms with van der Waals surface area (Å²) in [6, 6.07) is 1.52. The Morgan fingerprint density at radius 1 is 1.39 bits per heavy atom. The Bertz CT molecular complexity index is 612. The van der Waals surface area contributed by atoms with E-state index in [0.717, 1.165) is 12.1 Å². The van der Waals surface area contributed by atoms with Crippen LogP contribution in [0.1, 0.15) is 23.1 Å². The second kappa shape index (κ2) is 4.81. The van der Waals surface area contributed by atoms with Gasteiger partial charge in [0.2, 0.25) is 5.78 Å². The first-order valence-electron chi connectivity index (χ1n) is 5.11. The molecule has 0 saturated carbocycles. The van der Waals surface area contributed by atoms with E-state index in [-0.39, 0.29) is 10.8 Å². The molecule has 0 radical (unpaired) electrons. The molecule has 0 bridgehead atoms. The standard InChI is InChI=1S/C11H8ClF2N3O/c1-2-17-11(15-5-16-17)10(18)6-3-9(14)7(12)4-8(6)13/h3-5H,2H2,1H3. The van der Waals surface area contributed by atoms with Crippen molar-refractivity contribution in [3.05, 3.63) is 46.5 Å². The zero-order chi connectivity index (χ0) is 13.3. The molecule has 1 aromatic carbocycles. The molecule has 18 heavy (non-hydrogen) atoms. The van der Waals surface area contributed by atoms with Gasteiger partial charge in [-0.2, -0.15) is 5.10 Å². The van der Waals surface area contributed by atoms with Crippen LogP contribution in [0.5, 0.6) is 0 Å². The Morgan fingerprint density at radius 2 is 2.11 bits per heavy atom. The van der Waals surface area contributed by atoms with E-state index in [1.807, 2.05) is 0 Å². The van der Waals surface area contributed by atoms with Crippen LogP contribution in [0.3, 0.4) is 0 Å².